The van der Waals surface area contributed by atoms with Crippen LogP contribution in [0.3, 0.4) is 0 Å². The molecular formula is C13H19ClN4O2. The van der Waals surface area contributed by atoms with E-state index in [2.05, 4.69) is 22.2 Å². The minimum Gasteiger partial charge on any atom is -0.361 e. The highest BCUT2D eigenvalue weighted by Crippen LogP contribution is 2.32. The van der Waals surface area contributed by atoms with Gasteiger partial charge in [-0.1, -0.05) is 26.2 Å². The van der Waals surface area contributed by atoms with Crippen LogP contribution in [0, 0.1) is 23.0 Å². The summed E-state index contributed by atoms with van der Waals surface area (Å²) in [7, 11) is 0. The molecule has 2 atom stereocenters. The van der Waals surface area contributed by atoms with Gasteiger partial charge in [0.25, 0.3) is 0 Å². The van der Waals surface area contributed by atoms with Crippen molar-refractivity contribution in [3.05, 3.63) is 21.1 Å². The Morgan fingerprint density at radius 1 is 1.45 bits per heavy atom. The van der Waals surface area contributed by atoms with Gasteiger partial charge in [-0.25, -0.2) is 4.98 Å². The third-order valence-corrected chi connectivity index (χ3v) is 4.08. The summed E-state index contributed by atoms with van der Waals surface area (Å²) in [6.07, 6.45) is 5.55. The number of nitrogens with zero attached hydrogens (tertiary/aromatic N) is 3. The maximum atomic E-state index is 11.2. The van der Waals surface area contributed by atoms with Crippen LogP contribution in [0.1, 0.15) is 44.7 Å². The zero-order valence-electron chi connectivity index (χ0n) is 11.7. The van der Waals surface area contributed by atoms with Crippen LogP contribution in [-0.2, 0) is 0 Å². The van der Waals surface area contributed by atoms with E-state index in [1.165, 1.54) is 6.42 Å². The first-order valence-electron chi connectivity index (χ1n) is 6.96. The lowest BCUT2D eigenvalue weighted by Crippen LogP contribution is -2.28. The van der Waals surface area contributed by atoms with E-state index >= 15 is 0 Å². The number of hydrogen-bond donors (Lipinski definition) is 1. The van der Waals surface area contributed by atoms with Crippen molar-refractivity contribution in [2.75, 3.05) is 5.32 Å². The lowest BCUT2D eigenvalue weighted by atomic mass is 9.84. The Balaban J connectivity index is 2.22. The van der Waals surface area contributed by atoms with Gasteiger partial charge in [0.1, 0.15) is 5.69 Å². The van der Waals surface area contributed by atoms with Crippen LogP contribution >= 0.6 is 11.6 Å². The summed E-state index contributed by atoms with van der Waals surface area (Å²) in [6, 6.07) is 0.220. The van der Waals surface area contributed by atoms with Gasteiger partial charge in [0.05, 0.1) is 4.92 Å². The minimum atomic E-state index is -0.450. The lowest BCUT2D eigenvalue weighted by molar-refractivity contribution is -0.385. The third-order valence-electron chi connectivity index (χ3n) is 3.91. The van der Waals surface area contributed by atoms with Gasteiger partial charge in [-0.2, -0.15) is 4.98 Å². The van der Waals surface area contributed by atoms with Gasteiger partial charge < -0.3 is 5.32 Å². The molecule has 2 unspecified atom stereocenters. The molecule has 6 nitrogen and oxygen atoms in total. The highest BCUT2D eigenvalue weighted by molar-refractivity contribution is 6.28. The summed E-state index contributed by atoms with van der Waals surface area (Å²) in [6.45, 7) is 3.76. The second-order valence-electron chi connectivity index (χ2n) is 5.31. The van der Waals surface area contributed by atoms with Gasteiger partial charge in [0.15, 0.2) is 0 Å². The third kappa shape index (κ3) is 3.36. The Kier molecular flexibility index (Phi) is 4.75. The molecule has 0 aliphatic heterocycles. The summed E-state index contributed by atoms with van der Waals surface area (Å²) >= 11 is 5.82. The maximum Gasteiger partial charge on any atom is 0.332 e. The Labute approximate surface area is 123 Å². The second-order valence-corrected chi connectivity index (χ2v) is 5.65. The van der Waals surface area contributed by atoms with E-state index in [1.807, 2.05) is 0 Å². The number of nitrogens with one attached hydrogen (secondary N) is 1. The first-order valence-corrected chi connectivity index (χ1v) is 7.34. The van der Waals surface area contributed by atoms with Crippen molar-refractivity contribution < 1.29 is 4.92 Å². The van der Waals surface area contributed by atoms with Gasteiger partial charge in [0, 0.05) is 6.04 Å². The normalized spacial score (nSPS) is 22.6. The number of aromatic nitrogens is 2. The van der Waals surface area contributed by atoms with Crippen molar-refractivity contribution in [2.24, 2.45) is 5.92 Å². The Hall–Kier alpha value is -1.43. The van der Waals surface area contributed by atoms with Crippen LogP contribution in [0.25, 0.3) is 0 Å². The van der Waals surface area contributed by atoms with Crippen LogP contribution < -0.4 is 5.32 Å². The highest BCUT2D eigenvalue weighted by Gasteiger charge is 2.26. The smallest absolute Gasteiger partial charge is 0.332 e. The lowest BCUT2D eigenvalue weighted by Gasteiger charge is -2.29. The van der Waals surface area contributed by atoms with Crippen LogP contribution in [-0.4, -0.2) is 20.9 Å². The molecule has 1 N–H and O–H groups in total. The van der Waals surface area contributed by atoms with Crippen LogP contribution in [0.5, 0.6) is 0 Å². The molecule has 0 radical (unpaired) electrons. The first-order chi connectivity index (χ1) is 9.51. The van der Waals surface area contributed by atoms with E-state index in [-0.39, 0.29) is 22.8 Å². The molecule has 1 heterocycles. The van der Waals surface area contributed by atoms with E-state index in [9.17, 15) is 10.1 Å². The fourth-order valence-corrected chi connectivity index (χ4v) is 3.05. The fourth-order valence-electron chi connectivity index (χ4n) is 2.84. The summed E-state index contributed by atoms with van der Waals surface area (Å²) < 4.78 is 0. The van der Waals surface area contributed by atoms with Gasteiger partial charge in [0.2, 0.25) is 11.1 Å². The van der Waals surface area contributed by atoms with E-state index < -0.39 is 4.92 Å². The minimum absolute atomic E-state index is 0.0402. The molecule has 1 aliphatic carbocycles. The predicted molar refractivity (Wildman–Crippen MR) is 78.1 cm³/mol. The van der Waals surface area contributed by atoms with E-state index in [4.69, 9.17) is 11.6 Å². The van der Waals surface area contributed by atoms with Crippen LogP contribution in [0.15, 0.2) is 0 Å². The number of nitro groups is 1. The van der Waals surface area contributed by atoms with Crippen molar-refractivity contribution in [3.63, 3.8) is 0 Å². The number of rotatable bonds is 4. The molecule has 2 rings (SSSR count). The maximum absolute atomic E-state index is 11.2. The molecule has 1 aromatic rings. The summed E-state index contributed by atoms with van der Waals surface area (Å²) in [5.74, 6) is 0.924. The molecule has 0 aromatic carbocycles. The average Bonchev–Trinajstić information content (AvgIpc) is 2.37. The molecular weight excluding hydrogens is 280 g/mol. The van der Waals surface area contributed by atoms with E-state index in [0.717, 1.165) is 25.7 Å². The topological polar surface area (TPSA) is 81.0 Å². The summed E-state index contributed by atoms with van der Waals surface area (Å²) in [5, 5.41) is 14.4. The zero-order valence-corrected chi connectivity index (χ0v) is 12.5. The highest BCUT2D eigenvalue weighted by atomic mass is 35.5. The average molecular weight is 299 g/mol. The largest absolute Gasteiger partial charge is 0.361 e. The standard InChI is InChI=1S/C13H19ClN4O2/c1-3-9-5-4-6-10(7-9)16-12-11(18(19)20)8(2)15-13(14)17-12/h9-10H,3-7H2,1-2H3,(H,15,16,17). The molecule has 0 bridgehead atoms. The SMILES string of the molecule is CCC1CCCC(Nc2nc(Cl)nc(C)c2[N+](=O)[O-])C1. The van der Waals surface area contributed by atoms with Crippen molar-refractivity contribution in [2.45, 2.75) is 52.0 Å². The molecule has 20 heavy (non-hydrogen) atoms. The monoisotopic (exact) mass is 298 g/mol. The number of halogens is 1. The number of aryl methyl sites for hydroxylation is 1. The van der Waals surface area contributed by atoms with Gasteiger partial charge in [-0.15, -0.1) is 0 Å². The number of hydrogen-bond acceptors (Lipinski definition) is 5. The Bertz CT molecular complexity index is 509. The summed E-state index contributed by atoms with van der Waals surface area (Å²) in [4.78, 5) is 18.6. The molecule has 0 saturated heterocycles. The molecule has 7 heteroatoms. The second kappa shape index (κ2) is 6.35. The molecule has 1 fully saturated rings. The Morgan fingerprint density at radius 3 is 2.85 bits per heavy atom. The van der Waals surface area contributed by atoms with Gasteiger partial charge >= 0.3 is 5.69 Å². The molecule has 1 saturated carbocycles. The predicted octanol–water partition coefficient (Wildman–Crippen LogP) is 3.73. The van der Waals surface area contributed by atoms with Crippen molar-refractivity contribution in [1.29, 1.82) is 0 Å². The zero-order chi connectivity index (χ0) is 14.7. The Morgan fingerprint density at radius 2 is 2.20 bits per heavy atom. The van der Waals surface area contributed by atoms with Crippen LogP contribution in [0.2, 0.25) is 5.28 Å². The molecule has 0 amide bonds. The van der Waals surface area contributed by atoms with Gasteiger partial charge in [-0.05, 0) is 37.3 Å². The molecule has 110 valence electrons. The number of anilines is 1. The van der Waals surface area contributed by atoms with Crippen molar-refractivity contribution in [3.8, 4) is 0 Å². The fraction of sp³-hybridized carbons (Fsp3) is 0.692. The van der Waals surface area contributed by atoms with Crippen LogP contribution in [0.4, 0.5) is 11.5 Å². The first kappa shape index (κ1) is 15.0. The molecule has 1 aliphatic rings. The molecule has 0 spiro atoms. The van der Waals surface area contributed by atoms with Gasteiger partial charge in [-0.3, -0.25) is 10.1 Å². The van der Waals surface area contributed by atoms with E-state index in [1.54, 1.807) is 6.92 Å². The van der Waals surface area contributed by atoms with E-state index in [0.29, 0.717) is 11.6 Å². The molecule has 1 aromatic heterocycles. The van der Waals surface area contributed by atoms with Crippen molar-refractivity contribution in [1.82, 2.24) is 9.97 Å². The van der Waals surface area contributed by atoms with Crippen molar-refractivity contribution >= 4 is 23.1 Å². The summed E-state index contributed by atoms with van der Waals surface area (Å²) in [5.41, 5.74) is 0.216. The quantitative estimate of drug-likeness (QED) is 0.520.